The van der Waals surface area contributed by atoms with Gasteiger partial charge in [-0.3, -0.25) is 9.59 Å². The van der Waals surface area contributed by atoms with Crippen molar-refractivity contribution in [1.82, 2.24) is 10.6 Å². The summed E-state index contributed by atoms with van der Waals surface area (Å²) in [7, 11) is 1.56. The summed E-state index contributed by atoms with van der Waals surface area (Å²) < 4.78 is 19.6. The Kier molecular flexibility index (Phi) is 9.27. The topological polar surface area (TPSA) is 71.3 Å². The number of furan rings is 1. The molecule has 5 nitrogen and oxygen atoms in total. The quantitative estimate of drug-likeness (QED) is 0.205. The zero-order valence-corrected chi connectivity index (χ0v) is 25.2. The number of hydrogen-bond acceptors (Lipinski definition) is 3. The third-order valence-corrected chi connectivity index (χ3v) is 8.09. The van der Waals surface area contributed by atoms with E-state index in [1.165, 1.54) is 17.7 Å². The Morgan fingerprint density at radius 3 is 2.26 bits per heavy atom. The number of halogens is 2. The van der Waals surface area contributed by atoms with Crippen molar-refractivity contribution in [2.75, 3.05) is 7.05 Å². The SMILES string of the molecule is CC.CNC(=O)c1c(-c2ccc(F)cc2)oc2ccc(-c3cccc(C(=O)N[C@H]4CCC[C@H]4c4ccc(Cl)cc4)c3)cc12. The molecule has 2 N–H and O–H groups in total. The van der Waals surface area contributed by atoms with Crippen molar-refractivity contribution >= 4 is 34.4 Å². The smallest absolute Gasteiger partial charge is 0.255 e. The summed E-state index contributed by atoms with van der Waals surface area (Å²) in [5.74, 6) is -0.171. The summed E-state index contributed by atoms with van der Waals surface area (Å²) in [5, 5.41) is 7.27. The lowest BCUT2D eigenvalue weighted by Gasteiger charge is -2.22. The van der Waals surface area contributed by atoms with Gasteiger partial charge >= 0.3 is 0 Å². The molecule has 6 rings (SSSR count). The molecule has 1 saturated carbocycles. The highest BCUT2D eigenvalue weighted by atomic mass is 35.5. The van der Waals surface area contributed by atoms with Gasteiger partial charge in [0, 0.05) is 40.5 Å². The Morgan fingerprint density at radius 2 is 1.53 bits per heavy atom. The highest BCUT2D eigenvalue weighted by molar-refractivity contribution is 6.30. The van der Waals surface area contributed by atoms with Gasteiger partial charge in [-0.25, -0.2) is 4.39 Å². The van der Waals surface area contributed by atoms with Gasteiger partial charge in [-0.05, 0) is 90.2 Å². The van der Waals surface area contributed by atoms with Crippen LogP contribution in [0.25, 0.3) is 33.4 Å². The van der Waals surface area contributed by atoms with Crippen LogP contribution in [-0.2, 0) is 0 Å². The highest BCUT2D eigenvalue weighted by Crippen LogP contribution is 2.37. The van der Waals surface area contributed by atoms with E-state index in [-0.39, 0.29) is 29.6 Å². The highest BCUT2D eigenvalue weighted by Gasteiger charge is 2.30. The zero-order valence-electron chi connectivity index (χ0n) is 24.4. The van der Waals surface area contributed by atoms with Gasteiger partial charge in [-0.2, -0.15) is 0 Å². The van der Waals surface area contributed by atoms with Crippen molar-refractivity contribution in [3.63, 3.8) is 0 Å². The number of carbonyl (C=O) groups excluding carboxylic acids is 2. The van der Waals surface area contributed by atoms with Gasteiger partial charge in [0.1, 0.15) is 17.2 Å². The van der Waals surface area contributed by atoms with Crippen molar-refractivity contribution in [2.45, 2.75) is 45.1 Å². The first-order chi connectivity index (χ1) is 20.9. The van der Waals surface area contributed by atoms with Crippen LogP contribution in [0, 0.1) is 5.82 Å². The lowest BCUT2D eigenvalue weighted by molar-refractivity contribution is 0.0932. The summed E-state index contributed by atoms with van der Waals surface area (Å²) in [6.07, 6.45) is 3.00. The number of benzene rings is 4. The van der Waals surface area contributed by atoms with E-state index in [4.69, 9.17) is 16.0 Å². The third kappa shape index (κ3) is 6.35. The van der Waals surface area contributed by atoms with Crippen molar-refractivity contribution in [3.05, 3.63) is 119 Å². The van der Waals surface area contributed by atoms with Crippen molar-refractivity contribution in [1.29, 1.82) is 0 Å². The fourth-order valence-corrected chi connectivity index (χ4v) is 5.89. The fourth-order valence-electron chi connectivity index (χ4n) is 5.77. The first kappa shape index (κ1) is 30.1. The van der Waals surface area contributed by atoms with Crippen LogP contribution in [0.4, 0.5) is 4.39 Å². The van der Waals surface area contributed by atoms with Crippen LogP contribution < -0.4 is 10.6 Å². The van der Waals surface area contributed by atoms with E-state index < -0.39 is 0 Å². The first-order valence-electron chi connectivity index (χ1n) is 14.6. The number of carbonyl (C=O) groups is 2. The molecule has 1 heterocycles. The maximum Gasteiger partial charge on any atom is 0.255 e. The number of hydrogen-bond donors (Lipinski definition) is 2. The molecule has 4 aromatic carbocycles. The van der Waals surface area contributed by atoms with E-state index in [2.05, 4.69) is 10.6 Å². The Labute approximate surface area is 256 Å². The second-order valence-electron chi connectivity index (χ2n) is 10.4. The predicted octanol–water partition coefficient (Wildman–Crippen LogP) is 9.01. The molecule has 1 aromatic heterocycles. The molecule has 5 aromatic rings. The molecule has 0 spiro atoms. The fraction of sp³-hybridized carbons (Fsp3) is 0.222. The molecule has 7 heteroatoms. The molecule has 0 unspecified atom stereocenters. The molecular formula is C36H34ClFN2O3. The van der Waals surface area contributed by atoms with Crippen LogP contribution >= 0.6 is 11.6 Å². The minimum absolute atomic E-state index is 0.0506. The van der Waals surface area contributed by atoms with Crippen LogP contribution in [-0.4, -0.2) is 24.9 Å². The lowest BCUT2D eigenvalue weighted by Crippen LogP contribution is -2.36. The van der Waals surface area contributed by atoms with Crippen molar-refractivity contribution in [3.8, 4) is 22.5 Å². The molecule has 2 atom stereocenters. The van der Waals surface area contributed by atoms with E-state index in [0.717, 1.165) is 30.4 Å². The molecule has 43 heavy (non-hydrogen) atoms. The van der Waals surface area contributed by atoms with Gasteiger partial charge in [0.2, 0.25) is 0 Å². The largest absolute Gasteiger partial charge is 0.455 e. The summed E-state index contributed by atoms with van der Waals surface area (Å²) in [5.41, 5.74) is 4.94. The van der Waals surface area contributed by atoms with Gasteiger partial charge in [0.15, 0.2) is 0 Å². The van der Waals surface area contributed by atoms with Gasteiger partial charge in [-0.15, -0.1) is 0 Å². The summed E-state index contributed by atoms with van der Waals surface area (Å²) in [6, 6.07) is 26.8. The normalized spacial score (nSPS) is 15.9. The predicted molar refractivity (Wildman–Crippen MR) is 171 cm³/mol. The summed E-state index contributed by atoms with van der Waals surface area (Å²) in [6.45, 7) is 4.00. The van der Waals surface area contributed by atoms with Gasteiger partial charge < -0.3 is 15.1 Å². The van der Waals surface area contributed by atoms with Crippen LogP contribution in [0.15, 0.2) is 95.4 Å². The number of nitrogens with one attached hydrogen (secondary N) is 2. The number of amides is 2. The minimum atomic E-state index is -0.369. The molecule has 1 fully saturated rings. The molecule has 0 bridgehead atoms. The molecule has 220 valence electrons. The molecule has 0 aliphatic heterocycles. The molecular weight excluding hydrogens is 563 g/mol. The number of rotatable bonds is 6. The van der Waals surface area contributed by atoms with Gasteiger partial charge in [0.25, 0.3) is 11.8 Å². The average Bonchev–Trinajstić information content (AvgIpc) is 3.67. The van der Waals surface area contributed by atoms with Gasteiger partial charge in [-0.1, -0.05) is 62.2 Å². The van der Waals surface area contributed by atoms with E-state index >= 15 is 0 Å². The van der Waals surface area contributed by atoms with E-state index in [0.29, 0.717) is 38.4 Å². The Morgan fingerprint density at radius 1 is 0.837 bits per heavy atom. The third-order valence-electron chi connectivity index (χ3n) is 7.84. The minimum Gasteiger partial charge on any atom is -0.455 e. The molecule has 1 aliphatic carbocycles. The van der Waals surface area contributed by atoms with E-state index in [1.807, 2.05) is 80.6 Å². The molecule has 0 saturated heterocycles. The Hall–Kier alpha value is -4.42. The molecule has 2 amide bonds. The standard InChI is InChI=1S/C34H28ClFN2O3.C2H6/c1-37-34(40)31-28-19-23(12-17-30(28)41-32(31)21-10-15-26(36)16-11-21)22-4-2-5-24(18-22)33(39)38-29-7-3-6-27(29)20-8-13-25(35)14-9-20;1-2/h2,4-5,8-19,27,29H,3,6-7H2,1H3,(H,37,40)(H,38,39);1-2H3/t27-,29-;/m0./s1. The van der Waals surface area contributed by atoms with Crippen LogP contribution in [0.1, 0.15) is 65.3 Å². The second-order valence-corrected chi connectivity index (χ2v) is 10.8. The van der Waals surface area contributed by atoms with Crippen molar-refractivity contribution < 1.29 is 18.4 Å². The van der Waals surface area contributed by atoms with Crippen LogP contribution in [0.3, 0.4) is 0 Å². The van der Waals surface area contributed by atoms with E-state index in [1.54, 1.807) is 19.2 Å². The summed E-state index contributed by atoms with van der Waals surface area (Å²) in [4.78, 5) is 26.3. The average molecular weight is 597 g/mol. The monoisotopic (exact) mass is 596 g/mol. The first-order valence-corrected chi connectivity index (χ1v) is 15.0. The Balaban J connectivity index is 0.00000180. The maximum absolute atomic E-state index is 13.5. The van der Waals surface area contributed by atoms with Crippen LogP contribution in [0.5, 0.6) is 0 Å². The van der Waals surface area contributed by atoms with E-state index in [9.17, 15) is 14.0 Å². The zero-order chi connectivity index (χ0) is 30.5. The maximum atomic E-state index is 13.5. The van der Waals surface area contributed by atoms with Crippen LogP contribution in [0.2, 0.25) is 5.02 Å². The summed E-state index contributed by atoms with van der Waals surface area (Å²) >= 11 is 6.08. The number of fused-ring (bicyclic) bond motifs is 1. The Bertz CT molecular complexity index is 1750. The van der Waals surface area contributed by atoms with Gasteiger partial charge in [0.05, 0.1) is 5.56 Å². The molecule has 1 aliphatic rings. The second kappa shape index (κ2) is 13.3. The molecule has 0 radical (unpaired) electrons. The lowest BCUT2D eigenvalue weighted by atomic mass is 9.93. The van der Waals surface area contributed by atoms with Crippen molar-refractivity contribution in [2.24, 2.45) is 0 Å².